The average molecular weight is 232 g/mol. The van der Waals surface area contributed by atoms with E-state index in [1.54, 1.807) is 12.1 Å². The van der Waals surface area contributed by atoms with Gasteiger partial charge < -0.3 is 15.5 Å². The van der Waals surface area contributed by atoms with Gasteiger partial charge in [-0.15, -0.1) is 0 Å². The molecule has 1 aromatic rings. The number of benzene rings is 1. The molecule has 4 nitrogen and oxygen atoms in total. The molecule has 0 spiro atoms. The van der Waals surface area contributed by atoms with Crippen molar-refractivity contribution in [3.05, 3.63) is 30.3 Å². The highest BCUT2D eigenvalue weighted by atomic mass is 16.1. The summed E-state index contributed by atoms with van der Waals surface area (Å²) < 4.78 is 0. The van der Waals surface area contributed by atoms with Gasteiger partial charge >= 0.3 is 0 Å². The molecule has 1 saturated heterocycles. The van der Waals surface area contributed by atoms with Crippen LogP contribution in [0.15, 0.2) is 24.3 Å². The minimum Gasteiger partial charge on any atom is -0.326 e. The number of piperazine rings is 1. The molecule has 0 bridgehead atoms. The number of anilines is 1. The van der Waals surface area contributed by atoms with Crippen LogP contribution in [0.3, 0.4) is 0 Å². The Morgan fingerprint density at radius 3 is 2.76 bits per heavy atom. The molecule has 0 atom stereocenters. The minimum absolute atomic E-state index is 0.0785. The Balaban J connectivity index is 1.70. The molecule has 0 aliphatic carbocycles. The Bertz CT molecular complexity index is 347. The van der Waals surface area contributed by atoms with E-state index in [1.807, 2.05) is 12.1 Å². The van der Waals surface area contributed by atoms with Gasteiger partial charge in [-0.3, -0.25) is 4.79 Å². The molecular weight excluding hydrogens is 214 g/mol. The second kappa shape index (κ2) is 6.37. The van der Waals surface area contributed by atoms with Crippen LogP contribution < -0.4 is 10.6 Å². The number of hydrogen-bond donors (Lipinski definition) is 2. The topological polar surface area (TPSA) is 44.4 Å². The summed E-state index contributed by atoms with van der Waals surface area (Å²) in [7, 11) is 0. The molecule has 4 heteroatoms. The predicted octanol–water partition coefficient (Wildman–Crippen LogP) is 0.721. The van der Waals surface area contributed by atoms with Gasteiger partial charge in [0.2, 0.25) is 5.91 Å². The van der Waals surface area contributed by atoms with Crippen LogP contribution >= 0.6 is 0 Å². The Morgan fingerprint density at radius 1 is 1.35 bits per heavy atom. The maximum atomic E-state index is 11.7. The van der Waals surface area contributed by atoms with Crippen LogP contribution in [0.1, 0.15) is 6.42 Å². The van der Waals surface area contributed by atoms with Gasteiger partial charge in [-0.05, 0) is 18.2 Å². The fraction of sp³-hybridized carbons (Fsp3) is 0.462. The summed E-state index contributed by atoms with van der Waals surface area (Å²) in [5.74, 6) is 0.0785. The zero-order valence-corrected chi connectivity index (χ0v) is 9.91. The van der Waals surface area contributed by atoms with Crippen LogP contribution in [0.2, 0.25) is 0 Å². The number of nitrogens with one attached hydrogen (secondary N) is 2. The SMILES string of the molecule is O=C(CCN1CCNCC1)Nc1cc[c]cc1. The fourth-order valence-corrected chi connectivity index (χ4v) is 1.89. The maximum Gasteiger partial charge on any atom is 0.225 e. The predicted molar refractivity (Wildman–Crippen MR) is 67.8 cm³/mol. The summed E-state index contributed by atoms with van der Waals surface area (Å²) in [6.07, 6.45) is 0.554. The average Bonchev–Trinajstić information content (AvgIpc) is 2.39. The number of hydrogen-bond acceptors (Lipinski definition) is 3. The quantitative estimate of drug-likeness (QED) is 0.804. The van der Waals surface area contributed by atoms with Gasteiger partial charge in [0.25, 0.3) is 0 Å². The molecule has 91 valence electrons. The summed E-state index contributed by atoms with van der Waals surface area (Å²) in [6, 6.07) is 10.2. The number of carbonyl (C=O) groups excluding carboxylic acids is 1. The van der Waals surface area contributed by atoms with Gasteiger partial charge in [0.15, 0.2) is 0 Å². The number of amides is 1. The maximum absolute atomic E-state index is 11.7. The van der Waals surface area contributed by atoms with Crippen molar-refractivity contribution in [2.24, 2.45) is 0 Å². The van der Waals surface area contributed by atoms with E-state index < -0.39 is 0 Å². The second-order valence-corrected chi connectivity index (χ2v) is 4.18. The normalized spacial score (nSPS) is 16.7. The molecular formula is C13H18N3O. The molecule has 1 aliphatic rings. The lowest BCUT2D eigenvalue weighted by Gasteiger charge is -2.26. The van der Waals surface area contributed by atoms with Crippen molar-refractivity contribution in [3.8, 4) is 0 Å². The molecule has 1 fully saturated rings. The number of rotatable bonds is 4. The van der Waals surface area contributed by atoms with Crippen molar-refractivity contribution < 1.29 is 4.79 Å². The summed E-state index contributed by atoms with van der Waals surface area (Å²) in [4.78, 5) is 14.0. The summed E-state index contributed by atoms with van der Waals surface area (Å²) >= 11 is 0. The largest absolute Gasteiger partial charge is 0.326 e. The van der Waals surface area contributed by atoms with Crippen LogP contribution in [-0.2, 0) is 4.79 Å². The lowest BCUT2D eigenvalue weighted by molar-refractivity contribution is -0.116. The van der Waals surface area contributed by atoms with E-state index in [1.165, 1.54) is 0 Å². The van der Waals surface area contributed by atoms with E-state index in [9.17, 15) is 4.79 Å². The first-order valence-corrected chi connectivity index (χ1v) is 6.03. The highest BCUT2D eigenvalue weighted by Crippen LogP contribution is 2.05. The van der Waals surface area contributed by atoms with E-state index in [4.69, 9.17) is 0 Å². The molecule has 1 radical (unpaired) electrons. The van der Waals surface area contributed by atoms with Crippen molar-refractivity contribution in [1.82, 2.24) is 10.2 Å². The van der Waals surface area contributed by atoms with Crippen molar-refractivity contribution in [3.63, 3.8) is 0 Å². The summed E-state index contributed by atoms with van der Waals surface area (Å²) in [5.41, 5.74) is 0.842. The molecule has 17 heavy (non-hydrogen) atoms. The molecule has 0 unspecified atom stereocenters. The monoisotopic (exact) mass is 232 g/mol. The standard InChI is InChI=1S/C13H18N3O/c17-13(15-12-4-2-1-3-5-12)6-9-16-10-7-14-8-11-16/h2-5,14H,6-11H2,(H,15,17). The number of nitrogens with zero attached hydrogens (tertiary/aromatic N) is 1. The van der Waals surface area contributed by atoms with E-state index >= 15 is 0 Å². The molecule has 0 saturated carbocycles. The zero-order valence-electron chi connectivity index (χ0n) is 9.91. The molecule has 2 rings (SSSR count). The minimum atomic E-state index is 0.0785. The molecule has 1 heterocycles. The van der Waals surface area contributed by atoms with Gasteiger partial charge in [-0.25, -0.2) is 0 Å². The molecule has 1 aliphatic heterocycles. The molecule has 1 amide bonds. The van der Waals surface area contributed by atoms with Gasteiger partial charge in [-0.2, -0.15) is 0 Å². The van der Waals surface area contributed by atoms with Crippen LogP contribution in [0.5, 0.6) is 0 Å². The van der Waals surface area contributed by atoms with Crippen LogP contribution in [0, 0.1) is 6.07 Å². The first-order valence-electron chi connectivity index (χ1n) is 6.03. The number of carbonyl (C=O) groups is 1. The fourth-order valence-electron chi connectivity index (χ4n) is 1.89. The van der Waals surface area contributed by atoms with E-state index in [-0.39, 0.29) is 5.91 Å². The Kier molecular flexibility index (Phi) is 4.53. The van der Waals surface area contributed by atoms with E-state index in [0.29, 0.717) is 6.42 Å². The van der Waals surface area contributed by atoms with Gasteiger partial charge in [-0.1, -0.05) is 12.1 Å². The van der Waals surface area contributed by atoms with E-state index in [2.05, 4.69) is 21.6 Å². The smallest absolute Gasteiger partial charge is 0.225 e. The van der Waals surface area contributed by atoms with Crippen molar-refractivity contribution in [2.45, 2.75) is 6.42 Å². The van der Waals surface area contributed by atoms with E-state index in [0.717, 1.165) is 38.4 Å². The first kappa shape index (κ1) is 12.1. The molecule has 1 aromatic carbocycles. The van der Waals surface area contributed by atoms with Gasteiger partial charge in [0.05, 0.1) is 0 Å². The van der Waals surface area contributed by atoms with Gasteiger partial charge in [0, 0.05) is 44.8 Å². The lowest BCUT2D eigenvalue weighted by atomic mass is 10.3. The summed E-state index contributed by atoms with van der Waals surface area (Å²) in [5, 5.41) is 6.18. The van der Waals surface area contributed by atoms with Crippen LogP contribution in [0.25, 0.3) is 0 Å². The Morgan fingerprint density at radius 2 is 2.06 bits per heavy atom. The van der Waals surface area contributed by atoms with Crippen molar-refractivity contribution in [2.75, 3.05) is 38.0 Å². The Hall–Kier alpha value is -1.39. The van der Waals surface area contributed by atoms with Crippen molar-refractivity contribution >= 4 is 11.6 Å². The first-order chi connectivity index (χ1) is 8.34. The second-order valence-electron chi connectivity index (χ2n) is 4.18. The Labute approximate surface area is 102 Å². The van der Waals surface area contributed by atoms with Crippen LogP contribution in [0.4, 0.5) is 5.69 Å². The molecule has 2 N–H and O–H groups in total. The third-order valence-electron chi connectivity index (χ3n) is 2.87. The highest BCUT2D eigenvalue weighted by molar-refractivity contribution is 5.90. The van der Waals surface area contributed by atoms with Crippen LogP contribution in [-0.4, -0.2) is 43.5 Å². The lowest BCUT2D eigenvalue weighted by Crippen LogP contribution is -2.44. The molecule has 0 aromatic heterocycles. The van der Waals surface area contributed by atoms with Gasteiger partial charge in [0.1, 0.15) is 0 Å². The zero-order chi connectivity index (χ0) is 11.9. The van der Waals surface area contributed by atoms with Crippen molar-refractivity contribution in [1.29, 1.82) is 0 Å². The third kappa shape index (κ3) is 4.17. The summed E-state index contributed by atoms with van der Waals surface area (Å²) in [6.45, 7) is 4.96. The third-order valence-corrected chi connectivity index (χ3v) is 2.87. The highest BCUT2D eigenvalue weighted by Gasteiger charge is 2.11.